The Morgan fingerprint density at radius 2 is 1.92 bits per heavy atom. The van der Waals surface area contributed by atoms with E-state index < -0.39 is 12.1 Å². The zero-order chi connectivity index (χ0) is 17.7. The third kappa shape index (κ3) is 4.92. The number of aliphatic carboxylic acids is 1. The summed E-state index contributed by atoms with van der Waals surface area (Å²) in [6.07, 6.45) is 3.32. The first-order valence-corrected chi connectivity index (χ1v) is 7.57. The number of carboxylic acids is 1. The number of rotatable bonds is 2. The van der Waals surface area contributed by atoms with E-state index in [-0.39, 0.29) is 0 Å². The Bertz CT molecular complexity index is 598. The standard InChI is InChI=1S/C13H18N4.C2HF3O2/c1-10-7-11(3-4-14-10)13-15-8-12(9-16-13)17-5-2-6-17;3-2(4,5)1(6)7/h3,8-10,14H,2,4-7H2,1H3;(H,6,7)/t10-;/m0./s1. The van der Waals surface area contributed by atoms with Gasteiger partial charge in [0.05, 0.1) is 18.1 Å². The molecule has 0 radical (unpaired) electrons. The van der Waals surface area contributed by atoms with Crippen molar-refractivity contribution in [3.05, 3.63) is 24.3 Å². The fourth-order valence-corrected chi connectivity index (χ4v) is 2.28. The van der Waals surface area contributed by atoms with E-state index >= 15 is 0 Å². The minimum Gasteiger partial charge on any atom is -0.475 e. The molecule has 9 heteroatoms. The Balaban J connectivity index is 0.000000256. The first kappa shape index (κ1) is 18.2. The lowest BCUT2D eigenvalue weighted by Crippen LogP contribution is -2.37. The summed E-state index contributed by atoms with van der Waals surface area (Å²) in [5.74, 6) is -1.87. The van der Waals surface area contributed by atoms with Gasteiger partial charge in [0.2, 0.25) is 0 Å². The van der Waals surface area contributed by atoms with E-state index in [0.717, 1.165) is 37.6 Å². The van der Waals surface area contributed by atoms with Crippen molar-refractivity contribution in [2.24, 2.45) is 0 Å². The summed E-state index contributed by atoms with van der Waals surface area (Å²) in [6, 6.07) is 0.522. The van der Waals surface area contributed by atoms with Gasteiger partial charge in [0, 0.05) is 25.7 Å². The maximum Gasteiger partial charge on any atom is 0.490 e. The fourth-order valence-electron chi connectivity index (χ4n) is 2.28. The van der Waals surface area contributed by atoms with E-state index in [2.05, 4.69) is 33.2 Å². The summed E-state index contributed by atoms with van der Waals surface area (Å²) in [5, 5.41) is 10.5. The molecule has 3 heterocycles. The maximum absolute atomic E-state index is 10.6. The highest BCUT2D eigenvalue weighted by Crippen LogP contribution is 2.22. The monoisotopic (exact) mass is 344 g/mol. The maximum atomic E-state index is 10.6. The van der Waals surface area contributed by atoms with Gasteiger partial charge >= 0.3 is 12.1 Å². The van der Waals surface area contributed by atoms with Crippen LogP contribution < -0.4 is 10.2 Å². The number of hydrogen-bond acceptors (Lipinski definition) is 5. The third-order valence-electron chi connectivity index (χ3n) is 3.73. The van der Waals surface area contributed by atoms with E-state index in [4.69, 9.17) is 9.90 Å². The SMILES string of the molecule is C[C@H]1CC(c2ncc(N3CCC3)cn2)=CCN1.O=C(O)C(F)(F)F. The van der Waals surface area contributed by atoms with Crippen LogP contribution >= 0.6 is 0 Å². The van der Waals surface area contributed by atoms with Gasteiger partial charge < -0.3 is 15.3 Å². The molecule has 0 amide bonds. The number of hydrogen-bond donors (Lipinski definition) is 2. The van der Waals surface area contributed by atoms with Gasteiger partial charge in [-0.1, -0.05) is 6.08 Å². The molecule has 3 rings (SSSR count). The molecule has 2 N–H and O–H groups in total. The van der Waals surface area contributed by atoms with Crippen molar-refractivity contribution in [1.82, 2.24) is 15.3 Å². The van der Waals surface area contributed by atoms with Crippen LogP contribution in [-0.2, 0) is 4.79 Å². The summed E-state index contributed by atoms with van der Waals surface area (Å²) in [7, 11) is 0. The zero-order valence-corrected chi connectivity index (χ0v) is 13.2. The van der Waals surface area contributed by atoms with Crippen molar-refractivity contribution in [2.45, 2.75) is 32.0 Å². The molecule has 6 nitrogen and oxygen atoms in total. The molecule has 2 aliphatic rings. The van der Waals surface area contributed by atoms with E-state index in [1.54, 1.807) is 0 Å². The molecule has 24 heavy (non-hydrogen) atoms. The van der Waals surface area contributed by atoms with Crippen molar-refractivity contribution in [2.75, 3.05) is 24.5 Å². The van der Waals surface area contributed by atoms with Crippen LogP contribution in [0.15, 0.2) is 18.5 Å². The molecule has 1 aromatic rings. The first-order valence-electron chi connectivity index (χ1n) is 7.57. The highest BCUT2D eigenvalue weighted by Gasteiger charge is 2.38. The summed E-state index contributed by atoms with van der Waals surface area (Å²) in [6.45, 7) is 5.41. The normalized spacial score (nSPS) is 20.4. The molecule has 1 aromatic heterocycles. The largest absolute Gasteiger partial charge is 0.490 e. The van der Waals surface area contributed by atoms with Crippen molar-refractivity contribution in [1.29, 1.82) is 0 Å². The smallest absolute Gasteiger partial charge is 0.475 e. The second kappa shape index (κ2) is 7.61. The summed E-state index contributed by atoms with van der Waals surface area (Å²) in [5.41, 5.74) is 2.42. The minimum atomic E-state index is -5.08. The van der Waals surface area contributed by atoms with Crippen LogP contribution in [0.2, 0.25) is 0 Å². The highest BCUT2D eigenvalue weighted by atomic mass is 19.4. The lowest BCUT2D eigenvalue weighted by molar-refractivity contribution is -0.192. The number of carboxylic acid groups (broad SMARTS) is 1. The Kier molecular flexibility index (Phi) is 5.76. The number of halogens is 3. The fraction of sp³-hybridized carbons (Fsp3) is 0.533. The number of anilines is 1. The van der Waals surface area contributed by atoms with Gasteiger partial charge in [0.25, 0.3) is 0 Å². The average molecular weight is 344 g/mol. The van der Waals surface area contributed by atoms with Gasteiger partial charge in [-0.25, -0.2) is 14.8 Å². The molecule has 132 valence electrons. The van der Waals surface area contributed by atoms with Crippen molar-refractivity contribution >= 4 is 17.2 Å². The van der Waals surface area contributed by atoms with Crippen LogP contribution in [0.4, 0.5) is 18.9 Å². The number of aromatic nitrogens is 2. The van der Waals surface area contributed by atoms with Crippen LogP contribution in [-0.4, -0.2) is 52.9 Å². The Morgan fingerprint density at radius 1 is 1.33 bits per heavy atom. The van der Waals surface area contributed by atoms with E-state index in [1.165, 1.54) is 12.0 Å². The van der Waals surface area contributed by atoms with Crippen molar-refractivity contribution in [3.63, 3.8) is 0 Å². The molecule has 0 aliphatic carbocycles. The van der Waals surface area contributed by atoms with Gasteiger partial charge in [-0.3, -0.25) is 0 Å². The molecule has 0 spiro atoms. The Hall–Kier alpha value is -2.16. The first-order chi connectivity index (χ1) is 11.3. The van der Waals surface area contributed by atoms with Gasteiger partial charge in [-0.2, -0.15) is 13.2 Å². The Labute approximate surface area is 137 Å². The lowest BCUT2D eigenvalue weighted by atomic mass is 10.0. The zero-order valence-electron chi connectivity index (χ0n) is 13.2. The summed E-state index contributed by atoms with van der Waals surface area (Å²) >= 11 is 0. The number of alkyl halides is 3. The molecule has 2 aliphatic heterocycles. The molecular weight excluding hydrogens is 325 g/mol. The molecule has 0 bridgehead atoms. The van der Waals surface area contributed by atoms with Gasteiger partial charge in [-0.05, 0) is 25.3 Å². The highest BCUT2D eigenvalue weighted by molar-refractivity contribution is 5.73. The minimum absolute atomic E-state index is 0.522. The second-order valence-electron chi connectivity index (χ2n) is 5.65. The van der Waals surface area contributed by atoms with Crippen LogP contribution in [0, 0.1) is 0 Å². The van der Waals surface area contributed by atoms with Gasteiger partial charge in [-0.15, -0.1) is 0 Å². The summed E-state index contributed by atoms with van der Waals surface area (Å²) < 4.78 is 31.7. The van der Waals surface area contributed by atoms with Crippen molar-refractivity contribution in [3.8, 4) is 0 Å². The van der Waals surface area contributed by atoms with E-state index in [0.29, 0.717) is 6.04 Å². The predicted octanol–water partition coefficient (Wildman–Crippen LogP) is 2.09. The molecule has 0 aromatic carbocycles. The second-order valence-corrected chi connectivity index (χ2v) is 5.65. The lowest BCUT2D eigenvalue weighted by Gasteiger charge is -2.32. The van der Waals surface area contributed by atoms with Crippen LogP contribution in [0.25, 0.3) is 5.57 Å². The average Bonchev–Trinajstić information content (AvgIpc) is 2.46. The summed E-state index contributed by atoms with van der Waals surface area (Å²) in [4.78, 5) is 20.2. The molecule has 0 unspecified atom stereocenters. The van der Waals surface area contributed by atoms with Crippen LogP contribution in [0.1, 0.15) is 25.6 Å². The quantitative estimate of drug-likeness (QED) is 0.855. The molecular formula is C15H19F3N4O2. The van der Waals surface area contributed by atoms with Gasteiger partial charge in [0.15, 0.2) is 5.82 Å². The third-order valence-corrected chi connectivity index (χ3v) is 3.73. The molecule has 1 atom stereocenters. The van der Waals surface area contributed by atoms with E-state index in [9.17, 15) is 13.2 Å². The molecule has 1 fully saturated rings. The van der Waals surface area contributed by atoms with Crippen LogP contribution in [0.5, 0.6) is 0 Å². The number of nitrogens with zero attached hydrogens (tertiary/aromatic N) is 3. The van der Waals surface area contributed by atoms with E-state index in [1.807, 2.05) is 12.4 Å². The predicted molar refractivity (Wildman–Crippen MR) is 82.6 cm³/mol. The van der Waals surface area contributed by atoms with Gasteiger partial charge in [0.1, 0.15) is 0 Å². The molecule has 1 saturated heterocycles. The molecule has 0 saturated carbocycles. The topological polar surface area (TPSA) is 78.4 Å². The van der Waals surface area contributed by atoms with Crippen LogP contribution in [0.3, 0.4) is 0 Å². The number of carbonyl (C=O) groups is 1. The Morgan fingerprint density at radius 3 is 2.33 bits per heavy atom. The van der Waals surface area contributed by atoms with Crippen molar-refractivity contribution < 1.29 is 23.1 Å². The number of nitrogens with one attached hydrogen (secondary N) is 1.